The van der Waals surface area contributed by atoms with Crippen molar-refractivity contribution in [1.29, 1.82) is 0 Å². The molecule has 6 rings (SSSR count). The van der Waals surface area contributed by atoms with Crippen LogP contribution >= 0.6 is 0 Å². The fourth-order valence-electron chi connectivity index (χ4n) is 7.50. The van der Waals surface area contributed by atoms with Gasteiger partial charge in [-0.2, -0.15) is 0 Å². The Balaban J connectivity index is 1.23. The standard InChI is InChI=1S/C22H33NO5S/c24-20(23(18-3-1-2-4-18)19-5-6-29(26,27)13-19)12-28-22(25)21-16-8-14-7-15(10-16)11-17(21)9-14/h14-19,21H,1-13H2/t14?,15?,16?,17?,19-,21?/m1/s1. The summed E-state index contributed by atoms with van der Waals surface area (Å²) in [5.74, 6) is 2.28. The van der Waals surface area contributed by atoms with E-state index < -0.39 is 9.84 Å². The lowest BCUT2D eigenvalue weighted by atomic mass is 9.52. The van der Waals surface area contributed by atoms with Crippen molar-refractivity contribution in [3.8, 4) is 0 Å². The Bertz CT molecular complexity index is 744. The minimum absolute atomic E-state index is 0.0256. The highest BCUT2D eigenvalue weighted by Gasteiger charge is 2.51. The lowest BCUT2D eigenvalue weighted by Gasteiger charge is -2.53. The molecule has 4 bridgehead atoms. The second kappa shape index (κ2) is 7.54. The summed E-state index contributed by atoms with van der Waals surface area (Å²) in [4.78, 5) is 27.8. The molecule has 0 radical (unpaired) electrons. The van der Waals surface area contributed by atoms with E-state index in [-0.39, 0.29) is 48.0 Å². The molecule has 0 aromatic carbocycles. The number of carbonyl (C=O) groups excluding carboxylic acids is 2. The molecule has 0 aromatic rings. The Morgan fingerprint density at radius 3 is 2.03 bits per heavy atom. The maximum atomic E-state index is 13.1. The minimum Gasteiger partial charge on any atom is -0.455 e. The number of rotatable bonds is 5. The van der Waals surface area contributed by atoms with Gasteiger partial charge in [0.1, 0.15) is 0 Å². The van der Waals surface area contributed by atoms with Crippen molar-refractivity contribution in [2.45, 2.75) is 76.3 Å². The second-order valence-electron chi connectivity index (χ2n) is 10.4. The Labute approximate surface area is 173 Å². The molecular weight excluding hydrogens is 390 g/mol. The van der Waals surface area contributed by atoms with Gasteiger partial charge in [-0.05, 0) is 75.0 Å². The number of carbonyl (C=O) groups is 2. The van der Waals surface area contributed by atoms with Crippen LogP contribution in [0.3, 0.4) is 0 Å². The molecule has 1 atom stereocenters. The van der Waals surface area contributed by atoms with Gasteiger partial charge in [-0.1, -0.05) is 12.8 Å². The third kappa shape index (κ3) is 3.84. The Morgan fingerprint density at radius 2 is 1.48 bits per heavy atom. The molecule has 0 aromatic heterocycles. The zero-order valence-electron chi connectivity index (χ0n) is 17.1. The van der Waals surface area contributed by atoms with Crippen molar-refractivity contribution in [2.24, 2.45) is 29.6 Å². The van der Waals surface area contributed by atoms with Crippen molar-refractivity contribution >= 4 is 21.7 Å². The van der Waals surface area contributed by atoms with E-state index in [1.165, 1.54) is 6.42 Å². The summed E-state index contributed by atoms with van der Waals surface area (Å²) >= 11 is 0. The smallest absolute Gasteiger partial charge is 0.310 e. The summed E-state index contributed by atoms with van der Waals surface area (Å²) < 4.78 is 29.6. The summed E-state index contributed by atoms with van der Waals surface area (Å²) in [5, 5.41) is 0. The third-order valence-electron chi connectivity index (χ3n) is 8.44. The molecular formula is C22H33NO5S. The van der Waals surface area contributed by atoms with Crippen molar-refractivity contribution in [3.63, 3.8) is 0 Å². The van der Waals surface area contributed by atoms with Gasteiger partial charge in [-0.25, -0.2) is 8.42 Å². The number of sulfone groups is 1. The van der Waals surface area contributed by atoms with Gasteiger partial charge in [-0.15, -0.1) is 0 Å². The predicted molar refractivity (Wildman–Crippen MR) is 108 cm³/mol. The van der Waals surface area contributed by atoms with Crippen LogP contribution in [0.4, 0.5) is 0 Å². The highest BCUT2D eigenvalue weighted by atomic mass is 32.2. The lowest BCUT2D eigenvalue weighted by Crippen LogP contribution is -2.50. The average Bonchev–Trinajstić information content (AvgIpc) is 3.29. The molecule has 0 N–H and O–H groups in total. The molecule has 6 aliphatic rings. The molecule has 6 nitrogen and oxygen atoms in total. The molecule has 1 saturated heterocycles. The molecule has 6 fully saturated rings. The van der Waals surface area contributed by atoms with Crippen LogP contribution in [0.2, 0.25) is 0 Å². The Kier molecular flexibility index (Phi) is 5.16. The number of amides is 1. The molecule has 1 amide bonds. The van der Waals surface area contributed by atoms with E-state index in [0.717, 1.165) is 63.2 Å². The van der Waals surface area contributed by atoms with Gasteiger partial charge in [0.05, 0.1) is 17.4 Å². The maximum absolute atomic E-state index is 13.1. The summed E-state index contributed by atoms with van der Waals surface area (Å²) in [6.45, 7) is -0.228. The molecule has 7 heteroatoms. The molecule has 1 aliphatic heterocycles. The van der Waals surface area contributed by atoms with Crippen molar-refractivity contribution in [3.05, 3.63) is 0 Å². The second-order valence-corrected chi connectivity index (χ2v) is 12.6. The van der Waals surface area contributed by atoms with Crippen molar-refractivity contribution in [1.82, 2.24) is 4.90 Å². The predicted octanol–water partition coefficient (Wildman–Crippen LogP) is 2.56. The first-order chi connectivity index (χ1) is 13.9. The highest BCUT2D eigenvalue weighted by Crippen LogP contribution is 2.56. The summed E-state index contributed by atoms with van der Waals surface area (Å²) in [7, 11) is -3.07. The van der Waals surface area contributed by atoms with Crippen LogP contribution in [0.15, 0.2) is 0 Å². The zero-order valence-corrected chi connectivity index (χ0v) is 17.9. The molecule has 29 heavy (non-hydrogen) atoms. The normalized spacial score (nSPS) is 40.3. The van der Waals surface area contributed by atoms with Gasteiger partial charge in [0, 0.05) is 12.1 Å². The monoisotopic (exact) mass is 423 g/mol. The molecule has 5 aliphatic carbocycles. The van der Waals surface area contributed by atoms with Crippen LogP contribution in [0, 0.1) is 29.6 Å². The van der Waals surface area contributed by atoms with Crippen LogP contribution in [-0.2, 0) is 24.2 Å². The van der Waals surface area contributed by atoms with Crippen LogP contribution in [0.5, 0.6) is 0 Å². The van der Waals surface area contributed by atoms with Gasteiger partial charge in [-0.3, -0.25) is 9.59 Å². The SMILES string of the molecule is O=C(OCC(=O)N(C1CCCC1)[C@@H]1CCS(=O)(=O)C1)C1C2CC3CC(C2)CC1C3. The Morgan fingerprint density at radius 1 is 0.862 bits per heavy atom. The number of esters is 1. The molecule has 162 valence electrons. The average molecular weight is 424 g/mol. The fraction of sp³-hybridized carbons (Fsp3) is 0.909. The first-order valence-electron chi connectivity index (χ1n) is 11.6. The minimum atomic E-state index is -3.07. The van der Waals surface area contributed by atoms with Gasteiger partial charge in [0.2, 0.25) is 0 Å². The largest absolute Gasteiger partial charge is 0.455 e. The van der Waals surface area contributed by atoms with Crippen molar-refractivity contribution < 1.29 is 22.7 Å². The summed E-state index contributed by atoms with van der Waals surface area (Å²) in [5.41, 5.74) is 0. The first kappa shape index (κ1) is 19.8. The zero-order chi connectivity index (χ0) is 20.2. The molecule has 5 saturated carbocycles. The number of ether oxygens (including phenoxy) is 1. The number of hydrogen-bond acceptors (Lipinski definition) is 5. The molecule has 0 unspecified atom stereocenters. The highest BCUT2D eigenvalue weighted by molar-refractivity contribution is 7.91. The van der Waals surface area contributed by atoms with E-state index in [1.54, 1.807) is 4.90 Å². The molecule has 1 heterocycles. The van der Waals surface area contributed by atoms with E-state index in [1.807, 2.05) is 0 Å². The van der Waals surface area contributed by atoms with Crippen LogP contribution < -0.4 is 0 Å². The van der Waals surface area contributed by atoms with Gasteiger partial charge in [0.15, 0.2) is 16.4 Å². The molecule has 0 spiro atoms. The van der Waals surface area contributed by atoms with E-state index in [9.17, 15) is 18.0 Å². The van der Waals surface area contributed by atoms with Crippen LogP contribution in [0.1, 0.15) is 64.2 Å². The first-order valence-corrected chi connectivity index (χ1v) is 13.4. The number of nitrogens with zero attached hydrogens (tertiary/aromatic N) is 1. The van der Waals surface area contributed by atoms with E-state index in [4.69, 9.17) is 4.74 Å². The summed E-state index contributed by atoms with van der Waals surface area (Å²) in [6.07, 6.45) is 10.4. The van der Waals surface area contributed by atoms with E-state index >= 15 is 0 Å². The van der Waals surface area contributed by atoms with Crippen LogP contribution in [-0.4, -0.2) is 55.4 Å². The van der Waals surface area contributed by atoms with Crippen molar-refractivity contribution in [2.75, 3.05) is 18.1 Å². The van der Waals surface area contributed by atoms with Gasteiger partial charge >= 0.3 is 5.97 Å². The lowest BCUT2D eigenvalue weighted by molar-refractivity contribution is -0.167. The van der Waals surface area contributed by atoms with Gasteiger partial charge < -0.3 is 9.64 Å². The third-order valence-corrected chi connectivity index (χ3v) is 10.2. The van der Waals surface area contributed by atoms with Gasteiger partial charge in [0.25, 0.3) is 5.91 Å². The number of hydrogen-bond donors (Lipinski definition) is 0. The fourth-order valence-corrected chi connectivity index (χ4v) is 9.21. The van der Waals surface area contributed by atoms with E-state index in [2.05, 4.69) is 0 Å². The van der Waals surface area contributed by atoms with Crippen LogP contribution in [0.25, 0.3) is 0 Å². The Hall–Kier alpha value is -1.11. The topological polar surface area (TPSA) is 80.8 Å². The summed E-state index contributed by atoms with van der Waals surface area (Å²) in [6, 6.07) is -0.156. The van der Waals surface area contributed by atoms with E-state index in [0.29, 0.717) is 18.3 Å². The maximum Gasteiger partial charge on any atom is 0.310 e. The quantitative estimate of drug-likeness (QED) is 0.635.